The van der Waals surface area contributed by atoms with Gasteiger partial charge in [-0.3, -0.25) is 4.79 Å². The lowest BCUT2D eigenvalue weighted by atomic mass is 10.1. The Labute approximate surface area is 140 Å². The minimum Gasteiger partial charge on any atom is -0.456 e. The van der Waals surface area contributed by atoms with Crippen LogP contribution in [0.15, 0.2) is 48.5 Å². The maximum atomic E-state index is 12.2. The van der Waals surface area contributed by atoms with Crippen molar-refractivity contribution in [2.75, 3.05) is 5.32 Å². The van der Waals surface area contributed by atoms with Gasteiger partial charge in [0.15, 0.2) is 0 Å². The van der Waals surface area contributed by atoms with Gasteiger partial charge in [0.2, 0.25) is 5.91 Å². The molecule has 2 aromatic carbocycles. The summed E-state index contributed by atoms with van der Waals surface area (Å²) in [6.45, 7) is 0. The van der Waals surface area contributed by atoms with Gasteiger partial charge in [-0.05, 0) is 55.7 Å². The number of carbonyl (C=O) groups excluding carboxylic acids is 1. The van der Waals surface area contributed by atoms with Crippen LogP contribution in [-0.2, 0) is 4.79 Å². The molecule has 1 amide bonds. The van der Waals surface area contributed by atoms with Crippen LogP contribution in [0.25, 0.3) is 0 Å². The molecule has 120 valence electrons. The van der Waals surface area contributed by atoms with E-state index in [4.69, 9.17) is 22.1 Å². The van der Waals surface area contributed by atoms with Gasteiger partial charge >= 0.3 is 0 Å². The maximum absolute atomic E-state index is 12.2. The van der Waals surface area contributed by atoms with Crippen molar-refractivity contribution in [2.45, 2.75) is 25.3 Å². The third kappa shape index (κ3) is 4.03. The molecule has 0 spiro atoms. The van der Waals surface area contributed by atoms with E-state index in [1.54, 1.807) is 24.3 Å². The van der Waals surface area contributed by atoms with Crippen LogP contribution in [0.1, 0.15) is 19.3 Å². The first-order chi connectivity index (χ1) is 11.1. The molecule has 3 rings (SSSR count). The number of nitrogens with two attached hydrogens (primary N) is 1. The topological polar surface area (TPSA) is 64.4 Å². The number of halogens is 1. The molecule has 1 saturated carbocycles. The number of hydrogen-bond donors (Lipinski definition) is 2. The Morgan fingerprint density at radius 2 is 1.87 bits per heavy atom. The van der Waals surface area contributed by atoms with Crippen LogP contribution in [0.4, 0.5) is 5.69 Å². The molecule has 0 bridgehead atoms. The molecule has 23 heavy (non-hydrogen) atoms. The lowest BCUT2D eigenvalue weighted by Gasteiger charge is -2.12. The molecular formula is C18H19ClN2O2. The number of hydrogen-bond acceptors (Lipinski definition) is 3. The first kappa shape index (κ1) is 15.8. The van der Waals surface area contributed by atoms with Gasteiger partial charge < -0.3 is 15.8 Å². The molecule has 0 aromatic heterocycles. The number of ether oxygens (including phenoxy) is 1. The first-order valence-corrected chi connectivity index (χ1v) is 8.08. The number of nitrogens with one attached hydrogen (secondary N) is 1. The molecule has 2 unspecified atom stereocenters. The molecule has 4 nitrogen and oxygen atoms in total. The predicted octanol–water partition coefficient (Wildman–Crippen LogP) is 4.20. The molecular weight excluding hydrogens is 312 g/mol. The summed E-state index contributed by atoms with van der Waals surface area (Å²) in [7, 11) is 0. The monoisotopic (exact) mass is 330 g/mol. The van der Waals surface area contributed by atoms with E-state index in [1.165, 1.54) is 0 Å². The van der Waals surface area contributed by atoms with Gasteiger partial charge in [0, 0.05) is 17.6 Å². The normalized spacial score (nSPS) is 20.3. The van der Waals surface area contributed by atoms with Gasteiger partial charge in [-0.15, -0.1) is 0 Å². The number of benzene rings is 2. The minimum atomic E-state index is 0.0176. The molecule has 0 saturated heterocycles. The fourth-order valence-electron chi connectivity index (χ4n) is 2.76. The van der Waals surface area contributed by atoms with Crippen LogP contribution >= 0.6 is 11.6 Å². The summed E-state index contributed by atoms with van der Waals surface area (Å²) in [6, 6.07) is 14.7. The standard InChI is InChI=1S/C18H19ClN2O2/c19-16-3-1-2-4-17(16)23-15-9-7-14(8-10-15)21-18(22)12-5-6-13(20)11-12/h1-4,7-10,12-13H,5-6,11,20H2,(H,21,22). The fraction of sp³-hybridized carbons (Fsp3) is 0.278. The largest absolute Gasteiger partial charge is 0.456 e. The molecule has 1 aliphatic rings. The molecule has 2 atom stereocenters. The van der Waals surface area contributed by atoms with E-state index in [9.17, 15) is 4.79 Å². The Kier molecular flexibility index (Phi) is 4.84. The average molecular weight is 331 g/mol. The van der Waals surface area contributed by atoms with E-state index >= 15 is 0 Å². The quantitative estimate of drug-likeness (QED) is 0.883. The van der Waals surface area contributed by atoms with Crippen molar-refractivity contribution in [3.63, 3.8) is 0 Å². The van der Waals surface area contributed by atoms with Crippen LogP contribution in [0, 0.1) is 5.92 Å². The second-order valence-electron chi connectivity index (χ2n) is 5.82. The number of para-hydroxylation sites is 1. The lowest BCUT2D eigenvalue weighted by molar-refractivity contribution is -0.119. The van der Waals surface area contributed by atoms with E-state index in [0.717, 1.165) is 24.9 Å². The molecule has 0 aliphatic heterocycles. The number of anilines is 1. The van der Waals surface area contributed by atoms with E-state index < -0.39 is 0 Å². The smallest absolute Gasteiger partial charge is 0.227 e. The average Bonchev–Trinajstić information content (AvgIpc) is 2.98. The SMILES string of the molecule is NC1CCC(C(=O)Nc2ccc(Oc3ccccc3Cl)cc2)C1. The van der Waals surface area contributed by atoms with Crippen LogP contribution < -0.4 is 15.8 Å². The highest BCUT2D eigenvalue weighted by Gasteiger charge is 2.27. The van der Waals surface area contributed by atoms with Crippen molar-refractivity contribution in [2.24, 2.45) is 11.7 Å². The van der Waals surface area contributed by atoms with Crippen LogP contribution in [0.5, 0.6) is 11.5 Å². The summed E-state index contributed by atoms with van der Waals surface area (Å²) in [6.07, 6.45) is 2.54. The van der Waals surface area contributed by atoms with Gasteiger partial charge in [-0.1, -0.05) is 23.7 Å². The summed E-state index contributed by atoms with van der Waals surface area (Å²) in [5.74, 6) is 1.33. The van der Waals surface area contributed by atoms with Crippen molar-refractivity contribution in [3.05, 3.63) is 53.6 Å². The zero-order valence-electron chi connectivity index (χ0n) is 12.7. The third-order valence-electron chi connectivity index (χ3n) is 4.03. The van der Waals surface area contributed by atoms with Gasteiger partial charge in [0.25, 0.3) is 0 Å². The number of carbonyl (C=O) groups is 1. The number of rotatable bonds is 4. The zero-order chi connectivity index (χ0) is 16.2. The Bertz CT molecular complexity index is 688. The highest BCUT2D eigenvalue weighted by atomic mass is 35.5. The number of amides is 1. The summed E-state index contributed by atoms with van der Waals surface area (Å²) < 4.78 is 5.72. The highest BCUT2D eigenvalue weighted by molar-refractivity contribution is 6.32. The molecule has 1 aliphatic carbocycles. The Morgan fingerprint density at radius 1 is 1.13 bits per heavy atom. The summed E-state index contributed by atoms with van der Waals surface area (Å²) in [5, 5.41) is 3.49. The fourth-order valence-corrected chi connectivity index (χ4v) is 2.93. The van der Waals surface area contributed by atoms with Crippen LogP contribution in [0.3, 0.4) is 0 Å². The Balaban J connectivity index is 1.61. The second kappa shape index (κ2) is 7.02. The lowest BCUT2D eigenvalue weighted by Crippen LogP contribution is -2.23. The van der Waals surface area contributed by atoms with Crippen LogP contribution in [0.2, 0.25) is 5.02 Å². The maximum Gasteiger partial charge on any atom is 0.227 e. The third-order valence-corrected chi connectivity index (χ3v) is 4.34. The zero-order valence-corrected chi connectivity index (χ0v) is 13.4. The van der Waals surface area contributed by atoms with E-state index in [-0.39, 0.29) is 17.9 Å². The van der Waals surface area contributed by atoms with Crippen molar-refractivity contribution in [3.8, 4) is 11.5 Å². The van der Waals surface area contributed by atoms with Gasteiger partial charge in [-0.2, -0.15) is 0 Å². The van der Waals surface area contributed by atoms with E-state index in [2.05, 4.69) is 5.32 Å². The first-order valence-electron chi connectivity index (χ1n) is 7.71. The summed E-state index contributed by atoms with van der Waals surface area (Å²) in [5.41, 5.74) is 6.61. The molecule has 1 fully saturated rings. The Hall–Kier alpha value is -2.04. The predicted molar refractivity (Wildman–Crippen MR) is 91.9 cm³/mol. The summed E-state index contributed by atoms with van der Waals surface area (Å²) in [4.78, 5) is 12.2. The molecule has 2 aromatic rings. The van der Waals surface area contributed by atoms with Crippen molar-refractivity contribution < 1.29 is 9.53 Å². The molecule has 0 heterocycles. The van der Waals surface area contributed by atoms with Crippen molar-refractivity contribution >= 4 is 23.2 Å². The molecule has 5 heteroatoms. The Morgan fingerprint density at radius 3 is 2.52 bits per heavy atom. The van der Waals surface area contributed by atoms with Crippen molar-refractivity contribution in [1.82, 2.24) is 0 Å². The molecule has 0 radical (unpaired) electrons. The van der Waals surface area contributed by atoms with E-state index in [0.29, 0.717) is 16.5 Å². The second-order valence-corrected chi connectivity index (χ2v) is 6.22. The highest BCUT2D eigenvalue weighted by Crippen LogP contribution is 2.30. The van der Waals surface area contributed by atoms with Crippen LogP contribution in [-0.4, -0.2) is 11.9 Å². The summed E-state index contributed by atoms with van der Waals surface area (Å²) >= 11 is 6.07. The van der Waals surface area contributed by atoms with Gasteiger partial charge in [0.05, 0.1) is 5.02 Å². The molecule has 3 N–H and O–H groups in total. The minimum absolute atomic E-state index is 0.0176. The van der Waals surface area contributed by atoms with E-state index in [1.807, 2.05) is 24.3 Å². The van der Waals surface area contributed by atoms with Crippen molar-refractivity contribution in [1.29, 1.82) is 0 Å². The van der Waals surface area contributed by atoms with Gasteiger partial charge in [0.1, 0.15) is 11.5 Å². The van der Waals surface area contributed by atoms with Gasteiger partial charge in [-0.25, -0.2) is 0 Å².